The van der Waals surface area contributed by atoms with Gasteiger partial charge in [-0.05, 0) is 6.07 Å². The number of pyridine rings is 1. The number of hydrogen-bond donors (Lipinski definition) is 7. The van der Waals surface area contributed by atoms with E-state index < -0.39 is 54.4 Å². The summed E-state index contributed by atoms with van der Waals surface area (Å²) in [6.45, 7) is -1.65. The van der Waals surface area contributed by atoms with Crippen LogP contribution in [0.2, 0.25) is 0 Å². The fraction of sp³-hybridized carbons (Fsp3) is 0.455. The molecule has 1 saturated heterocycles. The van der Waals surface area contributed by atoms with E-state index in [2.05, 4.69) is 23.1 Å². The van der Waals surface area contributed by atoms with Gasteiger partial charge in [-0.15, -0.1) is 0 Å². The molecule has 8 N–H and O–H groups in total. The molecule has 2 aromatic heterocycles. The Hall–Kier alpha value is -1.36. The van der Waals surface area contributed by atoms with Gasteiger partial charge in [0.25, 0.3) is 5.85 Å². The van der Waals surface area contributed by atoms with Crippen molar-refractivity contribution in [2.45, 2.75) is 24.3 Å². The second-order valence-corrected chi connectivity index (χ2v) is 10.7. The lowest BCUT2D eigenvalue weighted by atomic mass is 10.1. The third kappa shape index (κ3) is 5.40. The van der Waals surface area contributed by atoms with Crippen molar-refractivity contribution >= 4 is 40.3 Å². The lowest BCUT2D eigenvalue weighted by Crippen LogP contribution is -2.42. The molecule has 21 heteroatoms. The average Bonchev–Trinajstić information content (AvgIpc) is 3.14. The first-order valence-electron chi connectivity index (χ1n) is 8.12. The smallest absolute Gasteiger partial charge is 0.397 e. The van der Waals surface area contributed by atoms with E-state index in [1.807, 2.05) is 0 Å². The number of rotatable bonds is 8. The van der Waals surface area contributed by atoms with Gasteiger partial charge in [0.05, 0.1) is 12.0 Å². The van der Waals surface area contributed by atoms with Crippen LogP contribution in [0.15, 0.2) is 18.6 Å². The minimum atomic E-state index is -5.84. The molecule has 3 rings (SSSR count). The molecule has 17 nitrogen and oxygen atoms in total. The Bertz CT molecular complexity index is 1160. The third-order valence-corrected chi connectivity index (χ3v) is 7.76. The summed E-state index contributed by atoms with van der Waals surface area (Å²) < 4.78 is 65.9. The van der Waals surface area contributed by atoms with Gasteiger partial charge in [-0.1, -0.05) is 0 Å². The van der Waals surface area contributed by atoms with Crippen LogP contribution < -0.4 is 5.73 Å². The number of anilines is 1. The van der Waals surface area contributed by atoms with Crippen LogP contribution in [0.4, 0.5) is 10.1 Å². The monoisotopic (exact) mass is 524 g/mol. The molecule has 0 radical (unpaired) electrons. The maximum absolute atomic E-state index is 15.1. The highest BCUT2D eigenvalue weighted by atomic mass is 31.3. The summed E-state index contributed by atoms with van der Waals surface area (Å²) in [4.78, 5) is 43.4. The first-order valence-corrected chi connectivity index (χ1v) is 12.6. The van der Waals surface area contributed by atoms with Gasteiger partial charge >= 0.3 is 23.5 Å². The highest BCUT2D eigenvalue weighted by molar-refractivity contribution is 7.66. The highest BCUT2D eigenvalue weighted by Gasteiger charge is 2.57. The van der Waals surface area contributed by atoms with Crippen molar-refractivity contribution in [3.05, 3.63) is 18.6 Å². The molecule has 0 aliphatic carbocycles. The molecule has 1 aliphatic rings. The van der Waals surface area contributed by atoms with E-state index in [1.165, 1.54) is 12.3 Å². The molecule has 32 heavy (non-hydrogen) atoms. The number of hydrogen-bond acceptors (Lipinski definition) is 12. The number of nitrogens with two attached hydrogens (primary N) is 1. The van der Waals surface area contributed by atoms with E-state index in [1.54, 1.807) is 0 Å². The molecular formula is C11H16FN4O13P3. The van der Waals surface area contributed by atoms with Gasteiger partial charge in [0.1, 0.15) is 24.3 Å². The Morgan fingerprint density at radius 2 is 1.81 bits per heavy atom. The summed E-state index contributed by atoms with van der Waals surface area (Å²) in [5.41, 5.74) is 6.13. The van der Waals surface area contributed by atoms with E-state index in [4.69, 9.17) is 25.2 Å². The maximum Gasteiger partial charge on any atom is 0.490 e. The number of aromatic nitrogens is 3. The molecule has 0 saturated carbocycles. The van der Waals surface area contributed by atoms with Crippen LogP contribution in [-0.2, 0) is 31.6 Å². The molecule has 1 fully saturated rings. The van der Waals surface area contributed by atoms with Gasteiger partial charge in [-0.3, -0.25) is 9.09 Å². The van der Waals surface area contributed by atoms with Gasteiger partial charge in [-0.2, -0.15) is 8.62 Å². The molecule has 0 aromatic carbocycles. The lowest BCUT2D eigenvalue weighted by molar-refractivity contribution is -0.203. The second-order valence-electron chi connectivity index (χ2n) is 6.32. The van der Waals surface area contributed by atoms with Gasteiger partial charge in [0, 0.05) is 6.20 Å². The van der Waals surface area contributed by atoms with Crippen molar-refractivity contribution in [3.63, 3.8) is 0 Å². The van der Waals surface area contributed by atoms with Crippen molar-refractivity contribution in [3.8, 4) is 0 Å². The Labute approximate surface area is 176 Å². The van der Waals surface area contributed by atoms with Crippen LogP contribution >= 0.6 is 23.5 Å². The SMILES string of the molecule is Nc1ccnc2c1ncn2[C@@H]1O[C@](F)(COP(=O)(O)OP(=O)(O)OP(=O)(O)O)[C@@H](O)[C@H]1O. The van der Waals surface area contributed by atoms with E-state index in [9.17, 15) is 28.8 Å². The number of imidazole rings is 1. The summed E-state index contributed by atoms with van der Waals surface area (Å²) in [6.07, 6.45) is -3.67. The topological polar surface area (TPSA) is 266 Å². The molecule has 0 amide bonds. The summed E-state index contributed by atoms with van der Waals surface area (Å²) in [5.74, 6) is -3.37. The summed E-state index contributed by atoms with van der Waals surface area (Å²) in [7, 11) is -17.2. The summed E-state index contributed by atoms with van der Waals surface area (Å²) >= 11 is 0. The van der Waals surface area contributed by atoms with Crippen molar-refractivity contribution in [2.24, 2.45) is 0 Å². The number of fused-ring (bicyclic) bond motifs is 1. The lowest BCUT2D eigenvalue weighted by Gasteiger charge is -2.24. The molecule has 1 aliphatic heterocycles. The Balaban J connectivity index is 1.76. The molecule has 6 atom stereocenters. The van der Waals surface area contributed by atoms with Crippen LogP contribution in [0.1, 0.15) is 6.23 Å². The second kappa shape index (κ2) is 8.45. The number of alkyl halides is 1. The van der Waals surface area contributed by atoms with Gasteiger partial charge < -0.3 is 40.3 Å². The van der Waals surface area contributed by atoms with Crippen molar-refractivity contribution in [1.82, 2.24) is 14.5 Å². The van der Waals surface area contributed by atoms with Crippen LogP contribution in [0, 0.1) is 0 Å². The predicted octanol–water partition coefficient (Wildman–Crippen LogP) is -0.727. The Morgan fingerprint density at radius 1 is 1.16 bits per heavy atom. The highest BCUT2D eigenvalue weighted by Crippen LogP contribution is 2.66. The Morgan fingerprint density at radius 3 is 2.44 bits per heavy atom. The van der Waals surface area contributed by atoms with E-state index in [-0.39, 0.29) is 16.9 Å². The summed E-state index contributed by atoms with van der Waals surface area (Å²) in [6, 6.07) is 1.42. The first kappa shape index (κ1) is 25.3. The predicted molar refractivity (Wildman–Crippen MR) is 97.7 cm³/mol. The zero-order valence-corrected chi connectivity index (χ0v) is 18.0. The largest absolute Gasteiger partial charge is 0.490 e. The number of phosphoric ester groups is 1. The minimum absolute atomic E-state index is 0.0402. The number of halogens is 1. The quantitative estimate of drug-likeness (QED) is 0.210. The molecule has 0 bridgehead atoms. The van der Waals surface area contributed by atoms with Crippen LogP contribution in [-0.4, -0.2) is 69.0 Å². The first-order chi connectivity index (χ1) is 14.5. The fourth-order valence-corrected chi connectivity index (χ4v) is 5.74. The normalized spacial score (nSPS) is 30.3. The van der Waals surface area contributed by atoms with E-state index >= 15 is 4.39 Å². The van der Waals surface area contributed by atoms with Crippen molar-refractivity contribution < 1.29 is 65.8 Å². The van der Waals surface area contributed by atoms with Crippen LogP contribution in [0.3, 0.4) is 0 Å². The Kier molecular flexibility index (Phi) is 6.67. The number of nitrogens with zero attached hydrogens (tertiary/aromatic N) is 3. The number of nitrogen functional groups attached to an aromatic ring is 1. The van der Waals surface area contributed by atoms with E-state index in [0.29, 0.717) is 0 Å². The fourth-order valence-electron chi connectivity index (χ4n) is 2.70. The number of aliphatic hydroxyl groups is 2. The number of ether oxygens (including phenoxy) is 1. The van der Waals surface area contributed by atoms with Gasteiger partial charge in [-0.25, -0.2) is 28.1 Å². The van der Waals surface area contributed by atoms with E-state index in [0.717, 1.165) is 10.9 Å². The molecule has 3 heterocycles. The van der Waals surface area contributed by atoms with Crippen molar-refractivity contribution in [2.75, 3.05) is 12.3 Å². The zero-order chi connectivity index (χ0) is 24.1. The van der Waals surface area contributed by atoms with Gasteiger partial charge in [0.2, 0.25) is 0 Å². The minimum Gasteiger partial charge on any atom is -0.397 e. The third-order valence-electron chi connectivity index (χ3n) is 3.98. The summed E-state index contributed by atoms with van der Waals surface area (Å²) in [5, 5.41) is 20.2. The van der Waals surface area contributed by atoms with Crippen molar-refractivity contribution in [1.29, 1.82) is 0 Å². The average molecular weight is 524 g/mol. The number of phosphoric acid groups is 3. The van der Waals surface area contributed by atoms with Crippen LogP contribution in [0.25, 0.3) is 11.2 Å². The van der Waals surface area contributed by atoms with Crippen LogP contribution in [0.5, 0.6) is 0 Å². The van der Waals surface area contributed by atoms with Gasteiger partial charge in [0.15, 0.2) is 11.9 Å². The zero-order valence-electron chi connectivity index (χ0n) is 15.4. The molecular weight excluding hydrogens is 508 g/mol. The standard InChI is InChI=1S/C11H16FN4O13P3/c12-11(3-26-31(22,23)29-32(24,25)28-30(19,20)21)8(18)7(17)10(27-11)16-4-15-6-5(13)1-2-14-9(6)16/h1-2,4,7-8,10,17-18H,3H2,(H2,13,14)(H,22,23)(H,24,25)(H2,19,20,21)/t7-,8+,10-,11-/m1/s1. The molecule has 2 aromatic rings. The molecule has 2 unspecified atom stereocenters. The molecule has 0 spiro atoms. The number of aliphatic hydroxyl groups excluding tert-OH is 2. The molecule has 180 valence electrons. The maximum atomic E-state index is 15.1.